The maximum absolute atomic E-state index is 13.1. The number of ether oxygens (including phenoxy) is 1. The van der Waals surface area contributed by atoms with E-state index >= 15 is 0 Å². The highest BCUT2D eigenvalue weighted by Gasteiger charge is 2.37. The van der Waals surface area contributed by atoms with Crippen molar-refractivity contribution in [3.63, 3.8) is 0 Å². The summed E-state index contributed by atoms with van der Waals surface area (Å²) in [6.07, 6.45) is 0.170. The number of allylic oxidation sites excluding steroid dienone is 1. The summed E-state index contributed by atoms with van der Waals surface area (Å²) in [4.78, 5) is 38.5. The van der Waals surface area contributed by atoms with Crippen molar-refractivity contribution in [1.29, 1.82) is 0 Å². The second-order valence-corrected chi connectivity index (χ2v) is 7.31. The van der Waals surface area contributed by atoms with Gasteiger partial charge in [0, 0.05) is 18.0 Å². The molecule has 0 saturated carbocycles. The number of carboxylic acids is 1. The van der Waals surface area contributed by atoms with Gasteiger partial charge in [0.1, 0.15) is 0 Å². The number of amides is 1. The first-order valence-corrected chi connectivity index (χ1v) is 9.89. The fourth-order valence-electron chi connectivity index (χ4n) is 3.86. The number of nitrogens with zero attached hydrogens (tertiary/aromatic N) is 1. The second-order valence-electron chi connectivity index (χ2n) is 7.31. The van der Waals surface area contributed by atoms with Crippen LogP contribution in [0, 0.1) is 6.92 Å². The average molecular weight is 407 g/mol. The molecule has 30 heavy (non-hydrogen) atoms. The van der Waals surface area contributed by atoms with Gasteiger partial charge in [-0.2, -0.15) is 0 Å². The van der Waals surface area contributed by atoms with Gasteiger partial charge in [0.2, 0.25) is 5.91 Å². The first-order valence-electron chi connectivity index (χ1n) is 9.89. The molecule has 6 nitrogen and oxygen atoms in total. The number of esters is 1. The average Bonchev–Trinajstić information content (AvgIpc) is 2.71. The maximum Gasteiger partial charge on any atom is 0.336 e. The summed E-state index contributed by atoms with van der Waals surface area (Å²) < 4.78 is 5.32. The highest BCUT2D eigenvalue weighted by Crippen LogP contribution is 2.38. The summed E-state index contributed by atoms with van der Waals surface area (Å²) >= 11 is 0. The van der Waals surface area contributed by atoms with E-state index in [1.165, 1.54) is 12.1 Å². The van der Waals surface area contributed by atoms with E-state index in [1.807, 2.05) is 31.2 Å². The summed E-state index contributed by atoms with van der Waals surface area (Å²) in [5.74, 6) is -1.86. The summed E-state index contributed by atoms with van der Waals surface area (Å²) in [6.45, 7) is 6.00. The Kier molecular flexibility index (Phi) is 6.35. The molecular weight excluding hydrogens is 382 g/mol. The molecule has 2 aromatic rings. The molecule has 1 N–H and O–H groups in total. The van der Waals surface area contributed by atoms with Gasteiger partial charge in [-0.15, -0.1) is 0 Å². The lowest BCUT2D eigenvalue weighted by molar-refractivity contribution is -0.140. The van der Waals surface area contributed by atoms with Crippen LogP contribution in [0.15, 0.2) is 59.8 Å². The molecule has 6 heteroatoms. The van der Waals surface area contributed by atoms with Crippen molar-refractivity contribution in [3.8, 4) is 0 Å². The van der Waals surface area contributed by atoms with Gasteiger partial charge < -0.3 is 14.7 Å². The number of rotatable bonds is 6. The summed E-state index contributed by atoms with van der Waals surface area (Å²) in [5.41, 5.74) is 3.99. The number of benzene rings is 2. The minimum atomic E-state index is -1.00. The SMILES string of the molecule is CCOC(=O)C1=C(C)N(Cc2ccc(C(=O)O)cc2)C(=O)CC1c1ccccc1C. The minimum Gasteiger partial charge on any atom is -0.478 e. The highest BCUT2D eigenvalue weighted by atomic mass is 16.5. The normalized spacial score (nSPS) is 16.6. The predicted molar refractivity (Wildman–Crippen MR) is 112 cm³/mol. The second kappa shape index (κ2) is 8.95. The molecule has 0 radical (unpaired) electrons. The van der Waals surface area contributed by atoms with Crippen molar-refractivity contribution in [2.24, 2.45) is 0 Å². The van der Waals surface area contributed by atoms with E-state index in [0.717, 1.165) is 16.7 Å². The molecule has 0 aromatic heterocycles. The van der Waals surface area contributed by atoms with Gasteiger partial charge in [0.15, 0.2) is 0 Å². The molecule has 0 saturated heterocycles. The molecule has 0 aliphatic carbocycles. The van der Waals surface area contributed by atoms with Crippen molar-refractivity contribution in [2.75, 3.05) is 6.61 Å². The summed E-state index contributed by atoms with van der Waals surface area (Å²) in [6, 6.07) is 14.1. The van der Waals surface area contributed by atoms with E-state index in [9.17, 15) is 14.4 Å². The van der Waals surface area contributed by atoms with E-state index < -0.39 is 11.9 Å². The number of hydrogen-bond acceptors (Lipinski definition) is 4. The lowest BCUT2D eigenvalue weighted by atomic mass is 9.81. The Morgan fingerprint density at radius 3 is 2.37 bits per heavy atom. The molecule has 1 unspecified atom stereocenters. The Balaban J connectivity index is 2.00. The standard InChI is InChI=1S/C24H25NO5/c1-4-30-24(29)22-16(3)25(14-17-9-11-18(12-10-17)23(27)28)21(26)13-20(22)19-8-6-5-7-15(19)2/h5-12,20H,4,13-14H2,1-3H3,(H,27,28). The third-order valence-corrected chi connectivity index (χ3v) is 5.42. The van der Waals surface area contributed by atoms with Crippen LogP contribution >= 0.6 is 0 Å². The van der Waals surface area contributed by atoms with Gasteiger partial charge in [-0.3, -0.25) is 4.79 Å². The zero-order valence-corrected chi connectivity index (χ0v) is 17.3. The van der Waals surface area contributed by atoms with Crippen molar-refractivity contribution in [3.05, 3.63) is 82.1 Å². The molecule has 1 aliphatic heterocycles. The largest absolute Gasteiger partial charge is 0.478 e. The molecular formula is C24H25NO5. The Morgan fingerprint density at radius 2 is 1.77 bits per heavy atom. The molecule has 0 fully saturated rings. The molecule has 1 atom stereocenters. The van der Waals surface area contributed by atoms with Gasteiger partial charge in [0.05, 0.1) is 24.3 Å². The minimum absolute atomic E-state index is 0.0869. The van der Waals surface area contributed by atoms with Crippen LogP contribution in [0.3, 0.4) is 0 Å². The molecule has 0 spiro atoms. The van der Waals surface area contributed by atoms with E-state index in [4.69, 9.17) is 9.84 Å². The number of hydrogen-bond donors (Lipinski definition) is 1. The van der Waals surface area contributed by atoms with Crippen molar-refractivity contribution in [2.45, 2.75) is 39.7 Å². The Bertz CT molecular complexity index is 1010. The smallest absolute Gasteiger partial charge is 0.336 e. The Hall–Kier alpha value is -3.41. The number of carboxylic acid groups (broad SMARTS) is 1. The van der Waals surface area contributed by atoms with Crippen LogP contribution in [-0.2, 0) is 20.9 Å². The van der Waals surface area contributed by atoms with E-state index in [2.05, 4.69) is 0 Å². The monoisotopic (exact) mass is 407 g/mol. The number of aromatic carboxylic acids is 1. The van der Waals surface area contributed by atoms with Crippen molar-refractivity contribution >= 4 is 17.8 Å². The zero-order chi connectivity index (χ0) is 21.8. The molecule has 2 aromatic carbocycles. The van der Waals surface area contributed by atoms with Crippen LogP contribution < -0.4 is 0 Å². The van der Waals surface area contributed by atoms with Crippen molar-refractivity contribution < 1.29 is 24.2 Å². The molecule has 156 valence electrons. The van der Waals surface area contributed by atoms with Gasteiger partial charge in [0.25, 0.3) is 0 Å². The molecule has 3 rings (SSSR count). The summed E-state index contributed by atoms with van der Waals surface area (Å²) in [5, 5.41) is 9.06. The van der Waals surface area contributed by atoms with E-state index in [0.29, 0.717) is 11.3 Å². The fourth-order valence-corrected chi connectivity index (χ4v) is 3.86. The Labute approximate surface area is 175 Å². The fraction of sp³-hybridized carbons (Fsp3) is 0.292. The molecule has 1 heterocycles. The third-order valence-electron chi connectivity index (χ3n) is 5.42. The van der Waals surface area contributed by atoms with Crippen LogP contribution in [0.25, 0.3) is 0 Å². The summed E-state index contributed by atoms with van der Waals surface area (Å²) in [7, 11) is 0. The lowest BCUT2D eigenvalue weighted by Crippen LogP contribution is -2.38. The van der Waals surface area contributed by atoms with Crippen LogP contribution in [0.1, 0.15) is 53.2 Å². The lowest BCUT2D eigenvalue weighted by Gasteiger charge is -2.35. The van der Waals surface area contributed by atoms with Crippen LogP contribution in [0.4, 0.5) is 0 Å². The van der Waals surface area contributed by atoms with E-state index in [1.54, 1.807) is 30.9 Å². The third kappa shape index (κ3) is 4.27. The molecule has 1 amide bonds. The van der Waals surface area contributed by atoms with Crippen LogP contribution in [-0.4, -0.2) is 34.5 Å². The quantitative estimate of drug-likeness (QED) is 0.731. The van der Waals surface area contributed by atoms with Crippen LogP contribution in [0.5, 0.6) is 0 Å². The van der Waals surface area contributed by atoms with Crippen LogP contribution in [0.2, 0.25) is 0 Å². The first-order chi connectivity index (χ1) is 14.3. The molecule has 0 bridgehead atoms. The van der Waals surface area contributed by atoms with Gasteiger partial charge in [-0.25, -0.2) is 9.59 Å². The van der Waals surface area contributed by atoms with Gasteiger partial charge >= 0.3 is 11.9 Å². The van der Waals surface area contributed by atoms with Crippen molar-refractivity contribution in [1.82, 2.24) is 4.90 Å². The topological polar surface area (TPSA) is 83.9 Å². The number of aryl methyl sites for hydroxylation is 1. The maximum atomic E-state index is 13.1. The number of carbonyl (C=O) groups excluding carboxylic acids is 2. The van der Waals surface area contributed by atoms with Gasteiger partial charge in [-0.1, -0.05) is 36.4 Å². The van der Waals surface area contributed by atoms with Gasteiger partial charge in [-0.05, 0) is 49.6 Å². The van der Waals surface area contributed by atoms with E-state index in [-0.39, 0.29) is 37.0 Å². The first kappa shape index (κ1) is 21.3. The number of carbonyl (C=O) groups is 3. The highest BCUT2D eigenvalue weighted by molar-refractivity contribution is 5.96. The zero-order valence-electron chi connectivity index (χ0n) is 17.3. The predicted octanol–water partition coefficient (Wildman–Crippen LogP) is 4.05. The molecule has 1 aliphatic rings. The Morgan fingerprint density at radius 1 is 1.10 bits per heavy atom.